The maximum atomic E-state index is 13.6. The Kier molecular flexibility index (Phi) is 6.15. The van der Waals surface area contributed by atoms with Crippen LogP contribution in [-0.4, -0.2) is 12.0 Å². The molecule has 0 bridgehead atoms. The van der Waals surface area contributed by atoms with Crippen LogP contribution in [0.25, 0.3) is 0 Å². The van der Waals surface area contributed by atoms with E-state index in [9.17, 15) is 10.1 Å². The standard InChI is InChI=1S/C24H23Cl2N3OS2/c1-12-7-14(23(31-4)32-12)20-15(11-27)22(28)29(13-5-6-16(25)17(26)8-13)18-9-24(2,3)10-19(30)21(18)20/h5-8,20H,9-10,28H2,1-4H3/t20-/m1/s1. The highest BCUT2D eigenvalue weighted by molar-refractivity contribution is 8.00. The van der Waals surface area contributed by atoms with Crippen molar-refractivity contribution in [2.24, 2.45) is 11.1 Å². The third kappa shape index (κ3) is 3.86. The van der Waals surface area contributed by atoms with Crippen LogP contribution < -0.4 is 10.6 Å². The Bertz CT molecular complexity index is 1240. The Morgan fingerprint density at radius 3 is 2.59 bits per heavy atom. The zero-order valence-corrected chi connectivity index (χ0v) is 21.4. The highest BCUT2D eigenvalue weighted by Crippen LogP contribution is 2.52. The van der Waals surface area contributed by atoms with Gasteiger partial charge in [-0.05, 0) is 54.8 Å². The number of ketones is 1. The van der Waals surface area contributed by atoms with Crippen molar-refractivity contribution in [1.82, 2.24) is 0 Å². The molecule has 0 saturated heterocycles. The fraction of sp³-hybridized carbons (Fsp3) is 0.333. The van der Waals surface area contributed by atoms with Gasteiger partial charge < -0.3 is 5.73 Å². The molecule has 8 heteroatoms. The highest BCUT2D eigenvalue weighted by atomic mass is 35.5. The lowest BCUT2D eigenvalue weighted by Crippen LogP contribution is -2.42. The summed E-state index contributed by atoms with van der Waals surface area (Å²) in [6, 6.07) is 9.65. The Hall–Kier alpha value is -1.91. The molecule has 0 unspecified atom stereocenters. The SMILES string of the molecule is CSc1sc(C)cc1[C@@H]1C(C#N)=C(N)N(c2ccc(Cl)c(Cl)c2)C2=C1C(=O)CC(C)(C)C2. The molecule has 32 heavy (non-hydrogen) atoms. The van der Waals surface area contributed by atoms with Gasteiger partial charge in [-0.3, -0.25) is 9.69 Å². The van der Waals surface area contributed by atoms with Gasteiger partial charge in [0.1, 0.15) is 5.82 Å². The number of hydrogen-bond acceptors (Lipinski definition) is 6. The van der Waals surface area contributed by atoms with Gasteiger partial charge in [0.15, 0.2) is 5.78 Å². The van der Waals surface area contributed by atoms with Crippen molar-refractivity contribution >= 4 is 57.8 Å². The number of thiophene rings is 1. The summed E-state index contributed by atoms with van der Waals surface area (Å²) in [4.78, 5) is 16.6. The molecule has 166 valence electrons. The van der Waals surface area contributed by atoms with Crippen molar-refractivity contribution in [3.8, 4) is 6.07 Å². The summed E-state index contributed by atoms with van der Waals surface area (Å²) in [6.07, 6.45) is 3.09. The average Bonchev–Trinajstić information content (AvgIpc) is 3.09. The van der Waals surface area contributed by atoms with E-state index in [0.29, 0.717) is 45.5 Å². The van der Waals surface area contributed by atoms with Crippen LogP contribution in [0.4, 0.5) is 5.69 Å². The minimum atomic E-state index is -0.468. The topological polar surface area (TPSA) is 70.1 Å². The van der Waals surface area contributed by atoms with E-state index in [1.807, 2.05) is 24.1 Å². The van der Waals surface area contributed by atoms with Crippen LogP contribution in [-0.2, 0) is 4.79 Å². The van der Waals surface area contributed by atoms with Crippen LogP contribution in [0.1, 0.15) is 43.0 Å². The van der Waals surface area contributed by atoms with Gasteiger partial charge in [0, 0.05) is 28.3 Å². The molecule has 2 aliphatic rings. The van der Waals surface area contributed by atoms with Gasteiger partial charge in [-0.15, -0.1) is 23.1 Å². The number of nitrogens with zero attached hydrogens (tertiary/aromatic N) is 2. The molecule has 0 saturated carbocycles. The number of carbonyl (C=O) groups excluding carboxylic acids is 1. The molecular formula is C24H23Cl2N3OS2. The Morgan fingerprint density at radius 1 is 1.25 bits per heavy atom. The monoisotopic (exact) mass is 503 g/mol. The second-order valence-electron chi connectivity index (χ2n) is 8.88. The summed E-state index contributed by atoms with van der Waals surface area (Å²) >= 11 is 15.8. The molecular weight excluding hydrogens is 481 g/mol. The van der Waals surface area contributed by atoms with Gasteiger partial charge in [-0.2, -0.15) is 5.26 Å². The van der Waals surface area contributed by atoms with Gasteiger partial charge >= 0.3 is 0 Å². The van der Waals surface area contributed by atoms with Crippen LogP contribution in [0.3, 0.4) is 0 Å². The van der Waals surface area contributed by atoms with Gasteiger partial charge in [0.2, 0.25) is 0 Å². The second-order valence-corrected chi connectivity index (χ2v) is 12.0. The Morgan fingerprint density at radius 2 is 1.97 bits per heavy atom. The molecule has 2 aromatic rings. The lowest BCUT2D eigenvalue weighted by molar-refractivity contribution is -0.118. The number of nitriles is 1. The average molecular weight is 505 g/mol. The molecule has 0 fully saturated rings. The first kappa shape index (κ1) is 23.3. The Balaban J connectivity index is 2.03. The number of aryl methyl sites for hydroxylation is 1. The molecule has 4 rings (SSSR count). The predicted molar refractivity (Wildman–Crippen MR) is 134 cm³/mol. The molecule has 1 atom stereocenters. The van der Waals surface area contributed by atoms with Crippen LogP contribution in [0.2, 0.25) is 10.0 Å². The molecule has 1 aliphatic heterocycles. The van der Waals surface area contributed by atoms with E-state index < -0.39 is 5.92 Å². The van der Waals surface area contributed by atoms with E-state index in [-0.39, 0.29) is 11.2 Å². The van der Waals surface area contributed by atoms with Gasteiger partial charge in [0.05, 0.1) is 31.8 Å². The summed E-state index contributed by atoms with van der Waals surface area (Å²) in [5.41, 5.74) is 10.00. The van der Waals surface area contributed by atoms with Crippen LogP contribution in [0.5, 0.6) is 0 Å². The van der Waals surface area contributed by atoms with E-state index in [2.05, 4.69) is 26.0 Å². The minimum absolute atomic E-state index is 0.0578. The second kappa shape index (κ2) is 8.46. The van der Waals surface area contributed by atoms with Gasteiger partial charge in [-0.1, -0.05) is 37.0 Å². The van der Waals surface area contributed by atoms with Crippen LogP contribution >= 0.6 is 46.3 Å². The van der Waals surface area contributed by atoms with E-state index in [0.717, 1.165) is 20.3 Å². The lowest BCUT2D eigenvalue weighted by atomic mass is 9.69. The smallest absolute Gasteiger partial charge is 0.162 e. The number of nitrogens with two attached hydrogens (primary N) is 1. The summed E-state index contributed by atoms with van der Waals surface area (Å²) in [5, 5.41) is 11.0. The molecule has 1 aromatic heterocycles. The molecule has 4 nitrogen and oxygen atoms in total. The van der Waals surface area contributed by atoms with Crippen LogP contribution in [0.15, 0.2) is 51.1 Å². The maximum Gasteiger partial charge on any atom is 0.162 e. The first-order valence-electron chi connectivity index (χ1n) is 10.1. The van der Waals surface area contributed by atoms with Crippen LogP contribution in [0, 0.1) is 23.7 Å². The fourth-order valence-electron chi connectivity index (χ4n) is 4.61. The summed E-state index contributed by atoms with van der Waals surface area (Å²) in [7, 11) is 0. The number of halogens is 2. The number of Topliss-reactive ketones (excluding diaryl/α,β-unsaturated/α-hetero) is 1. The molecule has 1 aromatic carbocycles. The lowest BCUT2D eigenvalue weighted by Gasteiger charge is -2.43. The number of allylic oxidation sites excluding steroid dienone is 3. The van der Waals surface area contributed by atoms with E-state index >= 15 is 0 Å². The largest absolute Gasteiger partial charge is 0.384 e. The van der Waals surface area contributed by atoms with Crippen molar-refractivity contribution in [3.05, 3.63) is 67.4 Å². The first-order chi connectivity index (χ1) is 15.1. The number of thioether (sulfide) groups is 1. The van der Waals surface area contributed by atoms with E-state index in [1.165, 1.54) is 0 Å². The number of rotatable bonds is 3. The third-order valence-corrected chi connectivity index (χ3v) is 8.84. The van der Waals surface area contributed by atoms with E-state index in [1.54, 1.807) is 35.2 Å². The predicted octanol–water partition coefficient (Wildman–Crippen LogP) is 7.03. The van der Waals surface area contributed by atoms with Crippen molar-refractivity contribution in [2.75, 3.05) is 11.2 Å². The Labute approximate surface area is 206 Å². The quantitative estimate of drug-likeness (QED) is 0.455. The fourth-order valence-corrected chi connectivity index (χ4v) is 6.82. The van der Waals surface area contributed by atoms with Crippen molar-refractivity contribution < 1.29 is 4.79 Å². The molecule has 0 amide bonds. The summed E-state index contributed by atoms with van der Waals surface area (Å²) < 4.78 is 1.10. The first-order valence-corrected chi connectivity index (χ1v) is 12.9. The molecule has 0 spiro atoms. The third-order valence-electron chi connectivity index (χ3n) is 5.89. The van der Waals surface area contributed by atoms with E-state index in [4.69, 9.17) is 28.9 Å². The number of benzene rings is 1. The number of anilines is 1. The molecule has 2 N–H and O–H groups in total. The van der Waals surface area contributed by atoms with Crippen molar-refractivity contribution in [3.63, 3.8) is 0 Å². The van der Waals surface area contributed by atoms with Gasteiger partial charge in [0.25, 0.3) is 0 Å². The van der Waals surface area contributed by atoms with Crippen molar-refractivity contribution in [2.45, 2.75) is 43.7 Å². The maximum absolute atomic E-state index is 13.6. The number of hydrogen-bond donors (Lipinski definition) is 1. The van der Waals surface area contributed by atoms with Crippen molar-refractivity contribution in [1.29, 1.82) is 5.26 Å². The number of carbonyl (C=O) groups is 1. The summed E-state index contributed by atoms with van der Waals surface area (Å²) in [5.74, 6) is -0.0801. The zero-order valence-electron chi connectivity index (χ0n) is 18.3. The highest BCUT2D eigenvalue weighted by Gasteiger charge is 2.45. The molecule has 0 radical (unpaired) electrons. The normalized spacial score (nSPS) is 20.5. The van der Waals surface area contributed by atoms with Gasteiger partial charge in [-0.25, -0.2) is 0 Å². The minimum Gasteiger partial charge on any atom is -0.384 e. The molecule has 2 heterocycles. The summed E-state index contributed by atoms with van der Waals surface area (Å²) in [6.45, 7) is 6.20. The molecule has 1 aliphatic carbocycles. The zero-order chi connectivity index (χ0) is 23.4.